The normalized spacial score (nSPS) is 11.1. The van der Waals surface area contributed by atoms with Crippen LogP contribution in [0.4, 0.5) is 5.69 Å². The first-order valence-electron chi connectivity index (χ1n) is 7.20. The summed E-state index contributed by atoms with van der Waals surface area (Å²) in [5.41, 5.74) is 0.899. The molecular weight excluding hydrogens is 356 g/mol. The fraction of sp³-hybridized carbons (Fsp3) is 0.333. The van der Waals surface area contributed by atoms with Gasteiger partial charge in [-0.25, -0.2) is 0 Å². The van der Waals surface area contributed by atoms with E-state index < -0.39 is 5.41 Å². The van der Waals surface area contributed by atoms with Crippen molar-refractivity contribution in [3.05, 3.63) is 40.4 Å². The summed E-state index contributed by atoms with van der Waals surface area (Å²) in [6.07, 6.45) is 5.31. The van der Waals surface area contributed by atoms with Gasteiger partial charge in [-0.05, 0) is 28.9 Å². The Kier molecular flexibility index (Phi) is 6.59. The maximum atomic E-state index is 12.2. The number of rotatable bonds is 5. The molecule has 1 amide bonds. The second-order valence-electron chi connectivity index (χ2n) is 5.94. The lowest BCUT2D eigenvalue weighted by Gasteiger charge is -2.20. The third kappa shape index (κ3) is 4.70. The quantitative estimate of drug-likeness (QED) is 0.742. The van der Waals surface area contributed by atoms with E-state index in [4.69, 9.17) is 4.74 Å². The van der Waals surface area contributed by atoms with E-state index in [1.54, 1.807) is 12.1 Å². The van der Waals surface area contributed by atoms with Crippen molar-refractivity contribution in [1.82, 2.24) is 0 Å². The van der Waals surface area contributed by atoms with Crippen molar-refractivity contribution >= 4 is 33.6 Å². The molecule has 0 spiro atoms. The summed E-state index contributed by atoms with van der Waals surface area (Å²) in [5.74, 6) is 0.249. The molecule has 1 N–H and O–H groups in total. The third-order valence-electron chi connectivity index (χ3n) is 2.99. The molecule has 0 bridgehead atoms. The molecule has 0 unspecified atom stereocenters. The molecule has 0 aliphatic carbocycles. The van der Waals surface area contributed by atoms with Gasteiger partial charge in [0, 0.05) is 15.5 Å². The molecule has 0 atom stereocenters. The molecule has 4 nitrogen and oxygen atoms in total. The van der Waals surface area contributed by atoms with Crippen LogP contribution in [-0.2, 0) is 4.79 Å². The van der Waals surface area contributed by atoms with Crippen LogP contribution in [0.3, 0.4) is 0 Å². The van der Waals surface area contributed by atoms with Crippen molar-refractivity contribution in [2.24, 2.45) is 5.41 Å². The van der Waals surface area contributed by atoms with Crippen LogP contribution in [0.2, 0.25) is 0 Å². The number of allylic oxidation sites excluding steroid dienone is 1. The second-order valence-corrected chi connectivity index (χ2v) is 6.79. The van der Waals surface area contributed by atoms with Crippen LogP contribution in [0.1, 0.15) is 38.8 Å². The topological polar surface area (TPSA) is 62.1 Å². The van der Waals surface area contributed by atoms with Crippen LogP contribution in [0, 0.1) is 16.7 Å². The number of hydrogen-bond donors (Lipinski definition) is 1. The highest BCUT2D eigenvalue weighted by molar-refractivity contribution is 9.10. The Hall–Kier alpha value is -2.06. The number of halogens is 1. The maximum Gasteiger partial charge on any atom is 0.229 e. The molecule has 1 rings (SSSR count). The van der Waals surface area contributed by atoms with Crippen molar-refractivity contribution in [3.8, 4) is 11.8 Å². The highest BCUT2D eigenvalue weighted by atomic mass is 79.9. The molecule has 1 aromatic rings. The standard InChI is InChI=1S/C18H21BrN2O2/c1-6-8-12-14(19)10-15(21-17(22)18(3,4)5)13(11-20)16(12)23-9-7-2/h6-8,10H,2,9H2,1,3-5H3,(H,21,22)/b8-6+. The average molecular weight is 377 g/mol. The van der Waals surface area contributed by atoms with E-state index in [-0.39, 0.29) is 12.5 Å². The fourth-order valence-electron chi connectivity index (χ4n) is 1.78. The average Bonchev–Trinajstić information content (AvgIpc) is 2.47. The number of anilines is 1. The van der Waals surface area contributed by atoms with Crippen molar-refractivity contribution in [3.63, 3.8) is 0 Å². The molecule has 0 aliphatic rings. The summed E-state index contributed by atoms with van der Waals surface area (Å²) in [5, 5.41) is 12.4. The largest absolute Gasteiger partial charge is 0.487 e. The van der Waals surface area contributed by atoms with Gasteiger partial charge in [-0.3, -0.25) is 4.79 Å². The number of carbonyl (C=O) groups excluding carboxylic acids is 1. The maximum absolute atomic E-state index is 12.2. The number of benzene rings is 1. The molecule has 0 radical (unpaired) electrons. The van der Waals surface area contributed by atoms with Gasteiger partial charge in [-0.15, -0.1) is 0 Å². The highest BCUT2D eigenvalue weighted by Gasteiger charge is 2.24. The third-order valence-corrected chi connectivity index (χ3v) is 3.65. The van der Waals surface area contributed by atoms with Gasteiger partial charge in [-0.1, -0.05) is 45.6 Å². The first kappa shape index (κ1) is 19.0. The number of ether oxygens (including phenoxy) is 1. The monoisotopic (exact) mass is 376 g/mol. The minimum absolute atomic E-state index is 0.172. The Morgan fingerprint density at radius 3 is 2.65 bits per heavy atom. The number of amides is 1. The summed E-state index contributed by atoms with van der Waals surface area (Å²) in [6, 6.07) is 3.85. The molecule has 1 aromatic carbocycles. The molecule has 23 heavy (non-hydrogen) atoms. The smallest absolute Gasteiger partial charge is 0.229 e. The van der Waals surface area contributed by atoms with Gasteiger partial charge in [0.15, 0.2) is 0 Å². The minimum atomic E-state index is -0.566. The zero-order valence-electron chi connectivity index (χ0n) is 13.9. The van der Waals surface area contributed by atoms with Gasteiger partial charge in [0.05, 0.1) is 5.69 Å². The van der Waals surface area contributed by atoms with E-state index in [0.29, 0.717) is 17.0 Å². The van der Waals surface area contributed by atoms with E-state index in [9.17, 15) is 10.1 Å². The summed E-state index contributed by atoms with van der Waals surface area (Å²) in [7, 11) is 0. The lowest BCUT2D eigenvalue weighted by Crippen LogP contribution is -2.28. The molecule has 5 heteroatoms. The Morgan fingerprint density at radius 2 is 2.17 bits per heavy atom. The zero-order valence-corrected chi connectivity index (χ0v) is 15.5. The van der Waals surface area contributed by atoms with Crippen LogP contribution in [0.5, 0.6) is 5.75 Å². The highest BCUT2D eigenvalue weighted by Crippen LogP contribution is 2.38. The Balaban J connectivity index is 3.49. The summed E-state index contributed by atoms with van der Waals surface area (Å²) < 4.78 is 6.41. The summed E-state index contributed by atoms with van der Waals surface area (Å²) >= 11 is 3.48. The molecule has 0 aliphatic heterocycles. The van der Waals surface area contributed by atoms with Crippen molar-refractivity contribution in [2.45, 2.75) is 27.7 Å². The summed E-state index contributed by atoms with van der Waals surface area (Å²) in [6.45, 7) is 11.2. The van der Waals surface area contributed by atoms with Gasteiger partial charge < -0.3 is 10.1 Å². The molecule has 0 saturated heterocycles. The molecular formula is C18H21BrN2O2. The second kappa shape index (κ2) is 7.98. The van der Waals surface area contributed by atoms with Crippen LogP contribution in [-0.4, -0.2) is 12.5 Å². The van der Waals surface area contributed by atoms with E-state index in [1.807, 2.05) is 39.8 Å². The Bertz CT molecular complexity index is 680. The van der Waals surface area contributed by atoms with Gasteiger partial charge in [0.2, 0.25) is 5.91 Å². The van der Waals surface area contributed by atoms with E-state index in [0.717, 1.165) is 10.0 Å². The van der Waals surface area contributed by atoms with Crippen LogP contribution >= 0.6 is 15.9 Å². The van der Waals surface area contributed by atoms with Crippen LogP contribution in [0.15, 0.2) is 29.3 Å². The SMILES string of the molecule is C=CCOc1c(C#N)c(NC(=O)C(C)(C)C)cc(Br)c1/C=C/C. The number of hydrogen-bond acceptors (Lipinski definition) is 3. The van der Waals surface area contributed by atoms with E-state index in [2.05, 4.69) is 33.9 Å². The predicted octanol–water partition coefficient (Wildman–Crippen LogP) is 4.90. The molecule has 122 valence electrons. The van der Waals surface area contributed by atoms with Gasteiger partial charge in [0.25, 0.3) is 0 Å². The van der Waals surface area contributed by atoms with Crippen LogP contribution < -0.4 is 10.1 Å². The lowest BCUT2D eigenvalue weighted by atomic mass is 9.95. The molecule has 0 fully saturated rings. The van der Waals surface area contributed by atoms with Gasteiger partial charge in [-0.2, -0.15) is 5.26 Å². The van der Waals surface area contributed by atoms with Gasteiger partial charge >= 0.3 is 0 Å². The van der Waals surface area contributed by atoms with Crippen molar-refractivity contribution < 1.29 is 9.53 Å². The Morgan fingerprint density at radius 1 is 1.52 bits per heavy atom. The first-order chi connectivity index (χ1) is 10.8. The molecule has 0 heterocycles. The number of nitrogens with zero attached hydrogens (tertiary/aromatic N) is 1. The number of nitrogens with one attached hydrogen (secondary N) is 1. The molecule has 0 aromatic heterocycles. The fourth-order valence-corrected chi connectivity index (χ4v) is 2.32. The lowest BCUT2D eigenvalue weighted by molar-refractivity contribution is -0.123. The number of nitriles is 1. The van der Waals surface area contributed by atoms with Gasteiger partial charge in [0.1, 0.15) is 24.0 Å². The Labute approximate surface area is 146 Å². The van der Waals surface area contributed by atoms with E-state index >= 15 is 0 Å². The summed E-state index contributed by atoms with van der Waals surface area (Å²) in [4.78, 5) is 12.2. The zero-order chi connectivity index (χ0) is 17.6. The predicted molar refractivity (Wildman–Crippen MR) is 97.3 cm³/mol. The van der Waals surface area contributed by atoms with E-state index in [1.165, 1.54) is 0 Å². The first-order valence-corrected chi connectivity index (χ1v) is 8.00. The minimum Gasteiger partial charge on any atom is -0.487 e. The number of carbonyl (C=O) groups is 1. The van der Waals surface area contributed by atoms with Crippen molar-refractivity contribution in [2.75, 3.05) is 11.9 Å². The molecule has 0 saturated carbocycles. The van der Waals surface area contributed by atoms with Crippen LogP contribution in [0.25, 0.3) is 6.08 Å². The van der Waals surface area contributed by atoms with Crippen molar-refractivity contribution in [1.29, 1.82) is 5.26 Å².